The first kappa shape index (κ1) is 16.1. The second kappa shape index (κ2) is 7.20. The molecule has 1 aliphatic rings. The average Bonchev–Trinajstić information content (AvgIpc) is 2.56. The molecular formula is C20H21F3. The molecule has 2 aromatic rings. The van der Waals surface area contributed by atoms with Crippen LogP contribution in [-0.2, 0) is 0 Å². The van der Waals surface area contributed by atoms with Crippen molar-refractivity contribution in [1.82, 2.24) is 0 Å². The molecule has 0 radical (unpaired) electrons. The molecule has 0 aromatic heterocycles. The highest BCUT2D eigenvalue weighted by atomic mass is 19.1. The van der Waals surface area contributed by atoms with E-state index in [2.05, 4.69) is 0 Å². The van der Waals surface area contributed by atoms with Crippen molar-refractivity contribution in [2.75, 3.05) is 6.67 Å². The number of hydrogen-bond donors (Lipinski definition) is 0. The van der Waals surface area contributed by atoms with E-state index in [0.29, 0.717) is 17.9 Å². The maximum Gasteiger partial charge on any atom is 0.134 e. The van der Waals surface area contributed by atoms with Crippen molar-refractivity contribution in [1.29, 1.82) is 0 Å². The van der Waals surface area contributed by atoms with E-state index in [-0.39, 0.29) is 18.2 Å². The van der Waals surface area contributed by atoms with Gasteiger partial charge in [0.25, 0.3) is 0 Å². The van der Waals surface area contributed by atoms with Crippen LogP contribution in [-0.4, -0.2) is 6.67 Å². The van der Waals surface area contributed by atoms with Crippen LogP contribution >= 0.6 is 0 Å². The van der Waals surface area contributed by atoms with Crippen LogP contribution < -0.4 is 0 Å². The molecule has 3 rings (SSSR count). The number of hydrogen-bond acceptors (Lipinski definition) is 0. The minimum atomic E-state index is -0.503. The molecule has 122 valence electrons. The third-order valence-corrected chi connectivity index (χ3v) is 4.96. The summed E-state index contributed by atoms with van der Waals surface area (Å²) >= 11 is 0. The van der Waals surface area contributed by atoms with Crippen molar-refractivity contribution >= 4 is 0 Å². The first-order valence-electron chi connectivity index (χ1n) is 8.29. The normalized spacial score (nSPS) is 21.3. The summed E-state index contributed by atoms with van der Waals surface area (Å²) in [5.74, 6) is -0.400. The van der Waals surface area contributed by atoms with Crippen molar-refractivity contribution in [3.05, 3.63) is 59.7 Å². The minimum absolute atomic E-state index is 0.0421. The highest BCUT2D eigenvalue weighted by Crippen LogP contribution is 2.39. The first-order chi connectivity index (χ1) is 11.2. The third-order valence-electron chi connectivity index (χ3n) is 4.96. The van der Waals surface area contributed by atoms with Gasteiger partial charge in [-0.2, -0.15) is 0 Å². The average molecular weight is 318 g/mol. The lowest BCUT2D eigenvalue weighted by Crippen LogP contribution is -2.14. The van der Waals surface area contributed by atoms with Gasteiger partial charge in [-0.05, 0) is 67.2 Å². The Morgan fingerprint density at radius 1 is 0.870 bits per heavy atom. The van der Waals surface area contributed by atoms with Gasteiger partial charge in [-0.1, -0.05) is 30.3 Å². The van der Waals surface area contributed by atoms with Crippen molar-refractivity contribution in [3.8, 4) is 11.1 Å². The van der Waals surface area contributed by atoms with Crippen LogP contribution in [0, 0.1) is 17.6 Å². The van der Waals surface area contributed by atoms with Crippen LogP contribution in [0.3, 0.4) is 0 Å². The zero-order valence-electron chi connectivity index (χ0n) is 13.1. The Labute approximate surface area is 135 Å². The second-order valence-corrected chi connectivity index (χ2v) is 6.42. The molecule has 0 unspecified atom stereocenters. The summed E-state index contributed by atoms with van der Waals surface area (Å²) in [7, 11) is 0. The molecule has 0 bridgehead atoms. The lowest BCUT2D eigenvalue weighted by atomic mass is 9.77. The number of halogens is 3. The van der Waals surface area contributed by atoms with E-state index in [9.17, 15) is 13.2 Å². The monoisotopic (exact) mass is 318 g/mol. The van der Waals surface area contributed by atoms with Crippen LogP contribution in [0.2, 0.25) is 0 Å². The van der Waals surface area contributed by atoms with Crippen molar-refractivity contribution in [2.45, 2.75) is 38.0 Å². The molecule has 1 saturated carbocycles. The van der Waals surface area contributed by atoms with E-state index in [1.165, 1.54) is 12.1 Å². The van der Waals surface area contributed by atoms with Crippen molar-refractivity contribution in [3.63, 3.8) is 0 Å². The Morgan fingerprint density at radius 2 is 1.48 bits per heavy atom. The van der Waals surface area contributed by atoms with Gasteiger partial charge < -0.3 is 0 Å². The van der Waals surface area contributed by atoms with Crippen LogP contribution in [0.15, 0.2) is 42.5 Å². The fourth-order valence-corrected chi connectivity index (χ4v) is 3.65. The van der Waals surface area contributed by atoms with E-state index in [0.717, 1.165) is 31.2 Å². The smallest absolute Gasteiger partial charge is 0.134 e. The molecule has 0 aliphatic heterocycles. The van der Waals surface area contributed by atoms with E-state index in [4.69, 9.17) is 0 Å². The second-order valence-electron chi connectivity index (χ2n) is 6.42. The minimum Gasteiger partial charge on any atom is -0.251 e. The maximum atomic E-state index is 14.5. The Balaban J connectivity index is 1.81. The summed E-state index contributed by atoms with van der Waals surface area (Å²) in [5, 5.41) is 0. The van der Waals surface area contributed by atoms with E-state index in [1.807, 2.05) is 6.07 Å². The molecule has 3 heteroatoms. The largest absolute Gasteiger partial charge is 0.251 e. The highest BCUT2D eigenvalue weighted by Gasteiger charge is 2.24. The molecule has 0 amide bonds. The van der Waals surface area contributed by atoms with Crippen molar-refractivity contribution < 1.29 is 13.2 Å². The summed E-state index contributed by atoms with van der Waals surface area (Å²) in [4.78, 5) is 0. The third kappa shape index (κ3) is 3.60. The zero-order valence-corrected chi connectivity index (χ0v) is 13.1. The Kier molecular flexibility index (Phi) is 5.04. The predicted octanol–water partition coefficient (Wildman–Crippen LogP) is 6.27. The van der Waals surface area contributed by atoms with Gasteiger partial charge in [0, 0.05) is 0 Å². The van der Waals surface area contributed by atoms with Gasteiger partial charge in [0.2, 0.25) is 0 Å². The molecular weight excluding hydrogens is 297 g/mol. The topological polar surface area (TPSA) is 0 Å². The molecule has 0 spiro atoms. The van der Waals surface area contributed by atoms with Gasteiger partial charge in [-0.3, -0.25) is 4.39 Å². The number of alkyl halides is 1. The Bertz CT molecular complexity index is 620. The predicted molar refractivity (Wildman–Crippen MR) is 87.1 cm³/mol. The summed E-state index contributed by atoms with van der Waals surface area (Å²) in [6.07, 6.45) is 4.27. The number of benzene rings is 2. The van der Waals surface area contributed by atoms with Crippen LogP contribution in [0.25, 0.3) is 11.1 Å². The Hall–Kier alpha value is -1.77. The summed E-state index contributed by atoms with van der Waals surface area (Å²) in [6, 6.07) is 11.7. The van der Waals surface area contributed by atoms with Gasteiger partial charge in [0.1, 0.15) is 11.6 Å². The summed E-state index contributed by atoms with van der Waals surface area (Å²) in [5.41, 5.74) is 1.33. The molecule has 2 aromatic carbocycles. The molecule has 0 N–H and O–H groups in total. The van der Waals surface area contributed by atoms with Gasteiger partial charge in [-0.15, -0.1) is 0 Å². The van der Waals surface area contributed by atoms with Gasteiger partial charge in [0.05, 0.1) is 12.2 Å². The SMILES string of the molecule is FCCC1CCC(c2cc(F)c(-c3ccccc3)c(F)c2)CC1. The lowest BCUT2D eigenvalue weighted by molar-refractivity contribution is 0.283. The van der Waals surface area contributed by atoms with Crippen LogP contribution in [0.5, 0.6) is 0 Å². The molecule has 0 atom stereocenters. The summed E-state index contributed by atoms with van der Waals surface area (Å²) in [6.45, 7) is -0.273. The first-order valence-corrected chi connectivity index (χ1v) is 8.29. The fourth-order valence-electron chi connectivity index (χ4n) is 3.65. The van der Waals surface area contributed by atoms with Gasteiger partial charge >= 0.3 is 0 Å². The molecule has 0 heterocycles. The Morgan fingerprint density at radius 3 is 2.04 bits per heavy atom. The summed E-state index contributed by atoms with van der Waals surface area (Å²) < 4.78 is 41.3. The molecule has 1 aliphatic carbocycles. The number of rotatable bonds is 4. The van der Waals surface area contributed by atoms with Crippen LogP contribution in [0.4, 0.5) is 13.2 Å². The highest BCUT2D eigenvalue weighted by molar-refractivity contribution is 5.65. The molecule has 1 fully saturated rings. The lowest BCUT2D eigenvalue weighted by Gasteiger charge is -2.28. The van der Waals surface area contributed by atoms with Crippen molar-refractivity contribution in [2.24, 2.45) is 5.92 Å². The van der Waals surface area contributed by atoms with Crippen LogP contribution in [0.1, 0.15) is 43.6 Å². The zero-order chi connectivity index (χ0) is 16.2. The molecule has 23 heavy (non-hydrogen) atoms. The molecule has 0 saturated heterocycles. The van der Waals surface area contributed by atoms with E-state index < -0.39 is 11.6 Å². The van der Waals surface area contributed by atoms with Gasteiger partial charge in [0.15, 0.2) is 0 Å². The van der Waals surface area contributed by atoms with Gasteiger partial charge in [-0.25, -0.2) is 8.78 Å². The van der Waals surface area contributed by atoms with E-state index in [1.54, 1.807) is 24.3 Å². The maximum absolute atomic E-state index is 14.5. The van der Waals surface area contributed by atoms with E-state index >= 15 is 0 Å². The standard InChI is InChI=1S/C20H21F3/c21-11-10-14-6-8-15(9-7-14)17-12-18(22)20(19(23)13-17)16-4-2-1-3-5-16/h1-5,12-15H,6-11H2. The quantitative estimate of drug-likeness (QED) is 0.623. The fraction of sp³-hybridized carbons (Fsp3) is 0.400. The molecule has 0 nitrogen and oxygen atoms in total.